The van der Waals surface area contributed by atoms with E-state index in [2.05, 4.69) is 67.3 Å². The van der Waals surface area contributed by atoms with E-state index in [0.29, 0.717) is 6.04 Å². The molecule has 1 fully saturated rings. The summed E-state index contributed by atoms with van der Waals surface area (Å²) in [6.45, 7) is 12.7. The van der Waals surface area contributed by atoms with Gasteiger partial charge in [-0.2, -0.15) is 0 Å². The lowest BCUT2D eigenvalue weighted by atomic mass is 9.63. The van der Waals surface area contributed by atoms with Crippen LogP contribution in [0.1, 0.15) is 77.3 Å². The van der Waals surface area contributed by atoms with Gasteiger partial charge < -0.3 is 19.8 Å². The van der Waals surface area contributed by atoms with Crippen LogP contribution in [-0.4, -0.2) is 42.5 Å². The lowest BCUT2D eigenvalue weighted by Crippen LogP contribution is -2.43. The Labute approximate surface area is 187 Å². The van der Waals surface area contributed by atoms with Crippen molar-refractivity contribution in [1.82, 2.24) is 10.5 Å². The van der Waals surface area contributed by atoms with Gasteiger partial charge in [0.25, 0.3) is 0 Å². The SMILES string of the molecule is CC1(C)CCC(C)(C)c2cc(-c3cc(N4CCC(NCCCCO)CC4)no3)ccc21. The molecule has 170 valence electrons. The highest BCUT2D eigenvalue weighted by atomic mass is 16.5. The number of nitrogens with zero attached hydrogens (tertiary/aromatic N) is 2. The maximum absolute atomic E-state index is 8.90. The molecule has 2 heterocycles. The van der Waals surface area contributed by atoms with Gasteiger partial charge in [-0.1, -0.05) is 45.0 Å². The minimum Gasteiger partial charge on any atom is -0.396 e. The number of aliphatic hydroxyl groups excluding tert-OH is 1. The van der Waals surface area contributed by atoms with Crippen LogP contribution in [0.25, 0.3) is 11.3 Å². The topological polar surface area (TPSA) is 61.5 Å². The molecule has 1 aliphatic heterocycles. The second-order valence-corrected chi connectivity index (χ2v) is 10.7. The van der Waals surface area contributed by atoms with Crippen LogP contribution < -0.4 is 10.2 Å². The Hall–Kier alpha value is -1.85. The number of fused-ring (bicyclic) bond motifs is 1. The normalized spacial score (nSPS) is 20.6. The summed E-state index contributed by atoms with van der Waals surface area (Å²) in [5, 5.41) is 16.9. The summed E-state index contributed by atoms with van der Waals surface area (Å²) >= 11 is 0. The van der Waals surface area contributed by atoms with Crippen LogP contribution >= 0.6 is 0 Å². The van der Waals surface area contributed by atoms with E-state index in [4.69, 9.17) is 9.63 Å². The Morgan fingerprint density at radius 2 is 1.74 bits per heavy atom. The van der Waals surface area contributed by atoms with Crippen LogP contribution in [0.4, 0.5) is 5.82 Å². The third-order valence-corrected chi connectivity index (χ3v) is 7.47. The highest BCUT2D eigenvalue weighted by Gasteiger charge is 2.37. The molecule has 0 bridgehead atoms. The van der Waals surface area contributed by atoms with E-state index >= 15 is 0 Å². The minimum absolute atomic E-state index is 0.190. The zero-order chi connectivity index (χ0) is 22.1. The van der Waals surface area contributed by atoms with E-state index < -0.39 is 0 Å². The van der Waals surface area contributed by atoms with Gasteiger partial charge in [-0.25, -0.2) is 0 Å². The molecule has 0 atom stereocenters. The third kappa shape index (κ3) is 4.83. The number of nitrogens with one attached hydrogen (secondary N) is 1. The van der Waals surface area contributed by atoms with E-state index in [1.165, 1.54) is 24.0 Å². The Kier molecular flexibility index (Phi) is 6.45. The number of aliphatic hydroxyl groups is 1. The molecule has 1 aliphatic carbocycles. The van der Waals surface area contributed by atoms with Crippen molar-refractivity contribution >= 4 is 5.82 Å². The van der Waals surface area contributed by atoms with Crippen LogP contribution in [0, 0.1) is 0 Å². The Morgan fingerprint density at radius 3 is 2.45 bits per heavy atom. The third-order valence-electron chi connectivity index (χ3n) is 7.47. The first-order valence-electron chi connectivity index (χ1n) is 12.0. The predicted molar refractivity (Wildman–Crippen MR) is 127 cm³/mol. The molecule has 1 saturated heterocycles. The van der Waals surface area contributed by atoms with Gasteiger partial charge in [-0.3, -0.25) is 0 Å². The number of benzene rings is 1. The average Bonchev–Trinajstić information content (AvgIpc) is 3.25. The molecule has 2 N–H and O–H groups in total. The molecule has 0 saturated carbocycles. The molecular weight excluding hydrogens is 386 g/mol. The highest BCUT2D eigenvalue weighted by Crippen LogP contribution is 2.46. The summed E-state index contributed by atoms with van der Waals surface area (Å²) in [6.07, 6.45) is 6.59. The Morgan fingerprint density at radius 1 is 1.03 bits per heavy atom. The number of hydrogen-bond donors (Lipinski definition) is 2. The van der Waals surface area contributed by atoms with Crippen molar-refractivity contribution in [2.45, 2.75) is 83.1 Å². The van der Waals surface area contributed by atoms with E-state index in [1.54, 1.807) is 0 Å². The minimum atomic E-state index is 0.190. The van der Waals surface area contributed by atoms with Crippen LogP contribution in [0.5, 0.6) is 0 Å². The van der Waals surface area contributed by atoms with Crippen molar-refractivity contribution < 1.29 is 9.63 Å². The van der Waals surface area contributed by atoms with E-state index in [-0.39, 0.29) is 17.4 Å². The Bertz CT molecular complexity index is 879. The summed E-state index contributed by atoms with van der Waals surface area (Å²) < 4.78 is 5.80. The monoisotopic (exact) mass is 425 g/mol. The summed E-state index contributed by atoms with van der Waals surface area (Å²) in [4.78, 5) is 2.34. The van der Waals surface area contributed by atoms with Crippen molar-refractivity contribution in [3.05, 3.63) is 35.4 Å². The summed E-state index contributed by atoms with van der Waals surface area (Å²) in [5.74, 6) is 1.81. The molecule has 1 aromatic carbocycles. The molecule has 5 heteroatoms. The standard InChI is InChI=1S/C26H39N3O2/c1-25(2)11-12-26(3,4)22-17-19(7-8-21(22)25)23-18-24(28-31-23)29-14-9-20(10-15-29)27-13-5-6-16-30/h7-8,17-18,20,27,30H,5-6,9-16H2,1-4H3. The lowest BCUT2D eigenvalue weighted by Gasteiger charge is -2.42. The van der Waals surface area contributed by atoms with Gasteiger partial charge in [0.15, 0.2) is 11.6 Å². The van der Waals surface area contributed by atoms with Crippen molar-refractivity contribution in [2.24, 2.45) is 0 Å². The summed E-state index contributed by atoms with van der Waals surface area (Å²) in [5.41, 5.74) is 4.47. The van der Waals surface area contributed by atoms with E-state index in [9.17, 15) is 0 Å². The summed E-state index contributed by atoms with van der Waals surface area (Å²) in [6, 6.07) is 9.52. The van der Waals surface area contributed by atoms with E-state index in [0.717, 1.165) is 62.5 Å². The molecule has 0 unspecified atom stereocenters. The van der Waals surface area contributed by atoms with Crippen LogP contribution in [-0.2, 0) is 10.8 Å². The van der Waals surface area contributed by atoms with Gasteiger partial charge in [0.05, 0.1) is 0 Å². The fourth-order valence-electron chi connectivity index (χ4n) is 5.15. The van der Waals surface area contributed by atoms with Crippen molar-refractivity contribution in [2.75, 3.05) is 31.1 Å². The van der Waals surface area contributed by atoms with Gasteiger partial charge in [0.2, 0.25) is 0 Å². The Balaban J connectivity index is 1.43. The molecular formula is C26H39N3O2. The number of hydrogen-bond acceptors (Lipinski definition) is 5. The number of anilines is 1. The highest BCUT2D eigenvalue weighted by molar-refractivity contribution is 5.64. The molecule has 0 radical (unpaired) electrons. The quantitative estimate of drug-likeness (QED) is 0.610. The van der Waals surface area contributed by atoms with Gasteiger partial charge in [-0.05, 0) is 73.1 Å². The molecule has 1 aromatic heterocycles. The predicted octanol–water partition coefficient (Wildman–Crippen LogP) is 5.02. The summed E-state index contributed by atoms with van der Waals surface area (Å²) in [7, 11) is 0. The number of rotatable bonds is 7. The molecule has 0 spiro atoms. The molecule has 4 rings (SSSR count). The molecule has 5 nitrogen and oxygen atoms in total. The number of piperidine rings is 1. The van der Waals surface area contributed by atoms with Crippen molar-refractivity contribution in [3.8, 4) is 11.3 Å². The average molecular weight is 426 g/mol. The van der Waals surface area contributed by atoms with Crippen molar-refractivity contribution in [3.63, 3.8) is 0 Å². The van der Waals surface area contributed by atoms with Crippen LogP contribution in [0.2, 0.25) is 0 Å². The lowest BCUT2D eigenvalue weighted by molar-refractivity contribution is 0.281. The van der Waals surface area contributed by atoms with Crippen LogP contribution in [0.3, 0.4) is 0 Å². The molecule has 2 aliphatic rings. The number of unbranched alkanes of at least 4 members (excludes halogenated alkanes) is 1. The number of aromatic nitrogens is 1. The molecule has 0 amide bonds. The van der Waals surface area contributed by atoms with Crippen LogP contribution in [0.15, 0.2) is 28.8 Å². The fourth-order valence-corrected chi connectivity index (χ4v) is 5.15. The van der Waals surface area contributed by atoms with E-state index in [1.807, 2.05) is 0 Å². The maximum Gasteiger partial charge on any atom is 0.172 e. The maximum atomic E-state index is 8.90. The smallest absolute Gasteiger partial charge is 0.172 e. The van der Waals surface area contributed by atoms with Gasteiger partial charge in [0, 0.05) is 37.4 Å². The molecule has 2 aromatic rings. The zero-order valence-electron chi connectivity index (χ0n) is 19.7. The largest absolute Gasteiger partial charge is 0.396 e. The second-order valence-electron chi connectivity index (χ2n) is 10.7. The first-order chi connectivity index (χ1) is 14.8. The second kappa shape index (κ2) is 8.95. The zero-order valence-corrected chi connectivity index (χ0v) is 19.7. The molecule has 31 heavy (non-hydrogen) atoms. The van der Waals surface area contributed by atoms with Gasteiger partial charge in [0.1, 0.15) is 0 Å². The fraction of sp³-hybridized carbons (Fsp3) is 0.654. The van der Waals surface area contributed by atoms with Gasteiger partial charge in [-0.15, -0.1) is 0 Å². The van der Waals surface area contributed by atoms with Crippen molar-refractivity contribution in [1.29, 1.82) is 0 Å². The van der Waals surface area contributed by atoms with Gasteiger partial charge >= 0.3 is 0 Å². The first-order valence-corrected chi connectivity index (χ1v) is 12.0. The first kappa shape index (κ1) is 22.3.